The molecule has 0 saturated carbocycles. The second kappa shape index (κ2) is 14.8. The molecule has 0 aliphatic heterocycles. The maximum Gasteiger partial charge on any atom is 0.251 e. The Morgan fingerprint density at radius 2 is 1.80 bits per heavy atom. The smallest absolute Gasteiger partial charge is 0.251 e. The summed E-state index contributed by atoms with van der Waals surface area (Å²) in [6.45, 7) is 7.45. The number of amides is 1. The summed E-state index contributed by atoms with van der Waals surface area (Å²) in [6.07, 6.45) is 0.802. The lowest BCUT2D eigenvalue weighted by atomic mass is 10.1. The molecule has 0 radical (unpaired) electrons. The summed E-state index contributed by atoms with van der Waals surface area (Å²) in [7, 11) is 1.64. The van der Waals surface area contributed by atoms with Crippen LogP contribution in [0.1, 0.15) is 40.9 Å². The van der Waals surface area contributed by atoms with Gasteiger partial charge in [-0.25, -0.2) is 4.99 Å². The highest BCUT2D eigenvalue weighted by molar-refractivity contribution is 14.0. The fourth-order valence-corrected chi connectivity index (χ4v) is 2.91. The average Bonchev–Trinajstić information content (AvgIpc) is 2.76. The molecule has 0 spiro atoms. The van der Waals surface area contributed by atoms with Crippen LogP contribution in [-0.2, 0) is 24.3 Å². The summed E-state index contributed by atoms with van der Waals surface area (Å²) in [5.74, 6) is 0.710. The van der Waals surface area contributed by atoms with Gasteiger partial charge in [-0.1, -0.05) is 36.4 Å². The fraction of sp³-hybridized carbons (Fsp3) is 0.391. The third-order valence-corrected chi connectivity index (χ3v) is 4.45. The number of aliphatic imine (C=N–C) groups is 1. The fourth-order valence-electron chi connectivity index (χ4n) is 2.91. The van der Waals surface area contributed by atoms with E-state index in [0.29, 0.717) is 25.3 Å². The third-order valence-electron chi connectivity index (χ3n) is 4.45. The zero-order valence-electron chi connectivity index (χ0n) is 18.0. The number of carbonyl (C=O) groups is 1. The number of carbonyl (C=O) groups excluding carboxylic acids is 1. The van der Waals surface area contributed by atoms with Gasteiger partial charge in [0, 0.05) is 32.3 Å². The molecule has 0 heterocycles. The molecule has 2 aromatic carbocycles. The van der Waals surface area contributed by atoms with Crippen LogP contribution in [0.15, 0.2) is 53.5 Å². The van der Waals surface area contributed by atoms with Gasteiger partial charge in [0.1, 0.15) is 0 Å². The highest BCUT2D eigenvalue weighted by atomic mass is 127. The van der Waals surface area contributed by atoms with E-state index in [-0.39, 0.29) is 29.9 Å². The number of halogens is 1. The van der Waals surface area contributed by atoms with Crippen LogP contribution in [0.25, 0.3) is 0 Å². The maximum absolute atomic E-state index is 11.8. The minimum atomic E-state index is -0.0690. The van der Waals surface area contributed by atoms with Crippen molar-refractivity contribution in [1.29, 1.82) is 0 Å². The summed E-state index contributed by atoms with van der Waals surface area (Å²) in [6, 6.07) is 15.9. The van der Waals surface area contributed by atoms with Crippen LogP contribution >= 0.6 is 24.0 Å². The van der Waals surface area contributed by atoms with E-state index >= 15 is 0 Å². The van der Waals surface area contributed by atoms with Gasteiger partial charge in [0.25, 0.3) is 5.91 Å². The molecule has 0 bridgehead atoms. The molecular formula is C23H33IN4O2. The molecule has 2 rings (SSSR count). The average molecular weight is 524 g/mol. The highest BCUT2D eigenvalue weighted by Gasteiger charge is 2.05. The standard InChI is InChI=1S/C23H32N4O2.HI/c1-4-25-23(27-16-20-10-6-7-11-21(20)17-29-5-2)26-14-13-18-9-8-12-19(15-18)22(28)24-3;/h6-12,15H,4-5,13-14,16-17H2,1-3H3,(H,24,28)(H2,25,26,27);1H. The molecule has 30 heavy (non-hydrogen) atoms. The normalized spacial score (nSPS) is 10.8. The number of hydrogen-bond donors (Lipinski definition) is 3. The van der Waals surface area contributed by atoms with Gasteiger partial charge in [-0.3, -0.25) is 4.79 Å². The Hall–Kier alpha value is -2.13. The molecule has 0 unspecified atom stereocenters. The number of nitrogens with zero attached hydrogens (tertiary/aromatic N) is 1. The van der Waals surface area contributed by atoms with Crippen molar-refractivity contribution in [3.63, 3.8) is 0 Å². The Morgan fingerprint density at radius 3 is 2.50 bits per heavy atom. The molecular weight excluding hydrogens is 491 g/mol. The molecule has 0 fully saturated rings. The van der Waals surface area contributed by atoms with E-state index < -0.39 is 0 Å². The zero-order chi connectivity index (χ0) is 20.9. The van der Waals surface area contributed by atoms with Crippen molar-refractivity contribution in [2.75, 3.05) is 26.7 Å². The van der Waals surface area contributed by atoms with Gasteiger partial charge >= 0.3 is 0 Å². The molecule has 164 valence electrons. The number of guanidine groups is 1. The summed E-state index contributed by atoms with van der Waals surface area (Å²) in [5.41, 5.74) is 4.12. The van der Waals surface area contributed by atoms with E-state index in [2.05, 4.69) is 28.1 Å². The molecule has 1 amide bonds. The second-order valence-electron chi connectivity index (χ2n) is 6.56. The number of ether oxygens (including phenoxy) is 1. The van der Waals surface area contributed by atoms with Gasteiger partial charge in [0.2, 0.25) is 0 Å². The Bertz CT molecular complexity index is 811. The Kier molecular flexibility index (Phi) is 12.8. The largest absolute Gasteiger partial charge is 0.377 e. The van der Waals surface area contributed by atoms with Crippen molar-refractivity contribution in [3.8, 4) is 0 Å². The lowest BCUT2D eigenvalue weighted by Crippen LogP contribution is -2.38. The van der Waals surface area contributed by atoms with E-state index in [1.807, 2.05) is 50.2 Å². The number of hydrogen-bond acceptors (Lipinski definition) is 3. The molecule has 2 aromatic rings. The molecule has 7 heteroatoms. The minimum Gasteiger partial charge on any atom is -0.377 e. The van der Waals surface area contributed by atoms with E-state index in [4.69, 9.17) is 9.73 Å². The van der Waals surface area contributed by atoms with Crippen LogP contribution in [0, 0.1) is 0 Å². The van der Waals surface area contributed by atoms with E-state index in [0.717, 1.165) is 36.6 Å². The first-order valence-electron chi connectivity index (χ1n) is 10.2. The molecule has 0 aromatic heterocycles. The molecule has 0 saturated heterocycles. The lowest BCUT2D eigenvalue weighted by Gasteiger charge is -2.13. The first-order valence-corrected chi connectivity index (χ1v) is 10.2. The van der Waals surface area contributed by atoms with Crippen LogP contribution in [0.5, 0.6) is 0 Å². The van der Waals surface area contributed by atoms with Crippen LogP contribution in [-0.4, -0.2) is 38.6 Å². The minimum absolute atomic E-state index is 0. The van der Waals surface area contributed by atoms with Crippen molar-refractivity contribution in [2.24, 2.45) is 4.99 Å². The molecule has 0 atom stereocenters. The molecule has 6 nitrogen and oxygen atoms in total. The zero-order valence-corrected chi connectivity index (χ0v) is 20.4. The van der Waals surface area contributed by atoms with Crippen molar-refractivity contribution in [2.45, 2.75) is 33.4 Å². The molecule has 3 N–H and O–H groups in total. The number of nitrogens with one attached hydrogen (secondary N) is 3. The summed E-state index contributed by atoms with van der Waals surface area (Å²) in [5, 5.41) is 9.31. The van der Waals surface area contributed by atoms with Crippen LogP contribution in [0.2, 0.25) is 0 Å². The highest BCUT2D eigenvalue weighted by Crippen LogP contribution is 2.11. The SMILES string of the molecule is CCNC(=NCc1ccccc1COCC)NCCc1cccc(C(=O)NC)c1.I. The molecule has 0 aliphatic rings. The van der Waals surface area contributed by atoms with Crippen LogP contribution in [0.3, 0.4) is 0 Å². The van der Waals surface area contributed by atoms with Gasteiger partial charge in [-0.15, -0.1) is 24.0 Å². The van der Waals surface area contributed by atoms with Crippen molar-refractivity contribution >= 4 is 35.8 Å². The van der Waals surface area contributed by atoms with E-state index in [1.54, 1.807) is 7.05 Å². The predicted octanol–water partition coefficient (Wildman–Crippen LogP) is 3.50. The summed E-state index contributed by atoms with van der Waals surface area (Å²) >= 11 is 0. The first kappa shape index (κ1) is 25.9. The van der Waals surface area contributed by atoms with Crippen molar-refractivity contribution in [3.05, 3.63) is 70.8 Å². The third kappa shape index (κ3) is 8.71. The molecule has 0 aliphatic carbocycles. The number of rotatable bonds is 10. The van der Waals surface area contributed by atoms with Crippen molar-refractivity contribution in [1.82, 2.24) is 16.0 Å². The van der Waals surface area contributed by atoms with Crippen molar-refractivity contribution < 1.29 is 9.53 Å². The first-order chi connectivity index (χ1) is 14.2. The van der Waals surface area contributed by atoms with Crippen LogP contribution < -0.4 is 16.0 Å². The van der Waals surface area contributed by atoms with Gasteiger partial charge in [-0.2, -0.15) is 0 Å². The Labute approximate surface area is 196 Å². The van der Waals surface area contributed by atoms with E-state index in [1.165, 1.54) is 5.56 Å². The van der Waals surface area contributed by atoms with E-state index in [9.17, 15) is 4.79 Å². The predicted molar refractivity (Wildman–Crippen MR) is 134 cm³/mol. The Morgan fingerprint density at radius 1 is 1.03 bits per heavy atom. The topological polar surface area (TPSA) is 74.8 Å². The quantitative estimate of drug-likeness (QED) is 0.253. The Balaban J connectivity index is 0.00000450. The van der Waals surface area contributed by atoms with Gasteiger partial charge < -0.3 is 20.7 Å². The monoisotopic (exact) mass is 524 g/mol. The number of benzene rings is 2. The lowest BCUT2D eigenvalue weighted by molar-refractivity contribution is 0.0963. The maximum atomic E-state index is 11.8. The summed E-state index contributed by atoms with van der Waals surface area (Å²) in [4.78, 5) is 16.5. The van der Waals surface area contributed by atoms with Gasteiger partial charge in [0.15, 0.2) is 5.96 Å². The van der Waals surface area contributed by atoms with Gasteiger partial charge in [-0.05, 0) is 49.1 Å². The van der Waals surface area contributed by atoms with Gasteiger partial charge in [0.05, 0.1) is 13.2 Å². The summed E-state index contributed by atoms with van der Waals surface area (Å²) < 4.78 is 5.55. The second-order valence-corrected chi connectivity index (χ2v) is 6.56. The van der Waals surface area contributed by atoms with Crippen LogP contribution in [0.4, 0.5) is 0 Å².